The average Bonchev–Trinajstić information content (AvgIpc) is 2.35. The third-order valence-electron chi connectivity index (χ3n) is 1.81. The standard InChI is InChI=1S/C11H12F3NO4/c1-17-7-19-9-4-2-8(3-5-9)15-10(16)18-6-11(12,13)14/h2-5H,6-7H2,1H3,(H,15,16). The van der Waals surface area contributed by atoms with Crippen molar-refractivity contribution in [2.75, 3.05) is 25.8 Å². The minimum absolute atomic E-state index is 0.0698. The molecule has 0 aromatic heterocycles. The minimum Gasteiger partial charge on any atom is -0.468 e. The van der Waals surface area contributed by atoms with Crippen molar-refractivity contribution < 1.29 is 32.2 Å². The van der Waals surface area contributed by atoms with Gasteiger partial charge in [0.15, 0.2) is 13.4 Å². The lowest BCUT2D eigenvalue weighted by Gasteiger charge is -2.09. The minimum atomic E-state index is -4.55. The molecule has 106 valence electrons. The lowest BCUT2D eigenvalue weighted by atomic mass is 10.3. The Morgan fingerprint density at radius 1 is 1.26 bits per heavy atom. The van der Waals surface area contributed by atoms with Gasteiger partial charge >= 0.3 is 12.3 Å². The highest BCUT2D eigenvalue weighted by Crippen LogP contribution is 2.17. The van der Waals surface area contributed by atoms with E-state index in [4.69, 9.17) is 4.74 Å². The van der Waals surface area contributed by atoms with E-state index in [2.05, 4.69) is 14.8 Å². The zero-order chi connectivity index (χ0) is 14.3. The number of rotatable bonds is 5. The molecule has 0 heterocycles. The van der Waals surface area contributed by atoms with Gasteiger partial charge in [-0.05, 0) is 24.3 Å². The summed E-state index contributed by atoms with van der Waals surface area (Å²) in [7, 11) is 1.46. The molecule has 0 bridgehead atoms. The Hall–Kier alpha value is -1.96. The number of benzene rings is 1. The monoisotopic (exact) mass is 279 g/mol. The molecule has 0 atom stereocenters. The van der Waals surface area contributed by atoms with Crippen molar-refractivity contribution in [2.24, 2.45) is 0 Å². The highest BCUT2D eigenvalue weighted by Gasteiger charge is 2.29. The van der Waals surface area contributed by atoms with E-state index in [1.165, 1.54) is 31.4 Å². The first-order chi connectivity index (χ1) is 8.90. The molecule has 0 fully saturated rings. The van der Waals surface area contributed by atoms with Gasteiger partial charge in [-0.3, -0.25) is 5.32 Å². The van der Waals surface area contributed by atoms with Gasteiger partial charge in [0.1, 0.15) is 5.75 Å². The molecule has 0 spiro atoms. The van der Waals surface area contributed by atoms with E-state index in [1.807, 2.05) is 0 Å². The molecular weight excluding hydrogens is 267 g/mol. The normalized spacial score (nSPS) is 10.9. The number of carbonyl (C=O) groups is 1. The maximum absolute atomic E-state index is 11.8. The van der Waals surface area contributed by atoms with Gasteiger partial charge in [-0.25, -0.2) is 4.79 Å². The molecule has 0 radical (unpaired) electrons. The van der Waals surface area contributed by atoms with Crippen LogP contribution in [0.15, 0.2) is 24.3 Å². The highest BCUT2D eigenvalue weighted by molar-refractivity contribution is 5.84. The molecule has 0 saturated heterocycles. The van der Waals surface area contributed by atoms with Gasteiger partial charge in [0.05, 0.1) is 0 Å². The number of methoxy groups -OCH3 is 1. The average molecular weight is 279 g/mol. The molecule has 0 saturated carbocycles. The Bertz CT molecular complexity index is 405. The third-order valence-corrected chi connectivity index (χ3v) is 1.81. The summed E-state index contributed by atoms with van der Waals surface area (Å²) in [5, 5.41) is 2.15. The quantitative estimate of drug-likeness (QED) is 0.842. The summed E-state index contributed by atoms with van der Waals surface area (Å²) in [6.07, 6.45) is -5.72. The number of carbonyl (C=O) groups excluding carboxylic acids is 1. The van der Waals surface area contributed by atoms with E-state index in [1.54, 1.807) is 0 Å². The summed E-state index contributed by atoms with van der Waals surface area (Å²) < 4.78 is 49.1. The van der Waals surface area contributed by atoms with Gasteiger partial charge < -0.3 is 14.2 Å². The maximum Gasteiger partial charge on any atom is 0.422 e. The molecular formula is C11H12F3NO4. The van der Waals surface area contributed by atoms with E-state index < -0.39 is 18.9 Å². The molecule has 1 rings (SSSR count). The SMILES string of the molecule is COCOc1ccc(NC(=O)OCC(F)(F)F)cc1. The lowest BCUT2D eigenvalue weighted by Crippen LogP contribution is -2.23. The van der Waals surface area contributed by atoms with E-state index in [9.17, 15) is 18.0 Å². The van der Waals surface area contributed by atoms with Crippen LogP contribution in [0.5, 0.6) is 5.75 Å². The van der Waals surface area contributed by atoms with Crippen LogP contribution in [-0.2, 0) is 9.47 Å². The van der Waals surface area contributed by atoms with E-state index in [-0.39, 0.29) is 12.5 Å². The predicted octanol–water partition coefficient (Wildman–Crippen LogP) is 2.78. The number of alkyl halides is 3. The zero-order valence-electron chi connectivity index (χ0n) is 9.99. The molecule has 0 aliphatic heterocycles. The van der Waals surface area contributed by atoms with Gasteiger partial charge in [-0.2, -0.15) is 13.2 Å². The first kappa shape index (κ1) is 15.1. The molecule has 5 nitrogen and oxygen atoms in total. The molecule has 1 aromatic carbocycles. The number of anilines is 1. The van der Waals surface area contributed by atoms with E-state index in [0.717, 1.165) is 0 Å². The molecule has 8 heteroatoms. The smallest absolute Gasteiger partial charge is 0.422 e. The van der Waals surface area contributed by atoms with Crippen LogP contribution in [0.4, 0.5) is 23.7 Å². The Balaban J connectivity index is 2.42. The zero-order valence-corrected chi connectivity index (χ0v) is 9.99. The van der Waals surface area contributed by atoms with Crippen molar-refractivity contribution in [3.63, 3.8) is 0 Å². The van der Waals surface area contributed by atoms with E-state index >= 15 is 0 Å². The van der Waals surface area contributed by atoms with Crippen molar-refractivity contribution in [2.45, 2.75) is 6.18 Å². The van der Waals surface area contributed by atoms with Crippen LogP contribution in [0.1, 0.15) is 0 Å². The van der Waals surface area contributed by atoms with Crippen LogP contribution in [0.2, 0.25) is 0 Å². The van der Waals surface area contributed by atoms with Crippen LogP contribution in [-0.4, -0.2) is 32.8 Å². The summed E-state index contributed by atoms with van der Waals surface area (Å²) in [6.45, 7) is -1.56. The number of nitrogens with one attached hydrogen (secondary N) is 1. The van der Waals surface area contributed by atoms with Crippen molar-refractivity contribution >= 4 is 11.8 Å². The molecule has 1 aromatic rings. The van der Waals surface area contributed by atoms with Crippen LogP contribution in [0.3, 0.4) is 0 Å². The number of hydrogen-bond donors (Lipinski definition) is 1. The Labute approximate surface area is 107 Å². The molecule has 1 N–H and O–H groups in total. The Morgan fingerprint density at radius 3 is 2.42 bits per heavy atom. The van der Waals surface area contributed by atoms with Crippen LogP contribution >= 0.6 is 0 Å². The predicted molar refractivity (Wildman–Crippen MR) is 60.0 cm³/mol. The van der Waals surface area contributed by atoms with Gasteiger partial charge in [0.2, 0.25) is 0 Å². The molecule has 0 aliphatic rings. The summed E-state index contributed by atoms with van der Waals surface area (Å²) >= 11 is 0. The van der Waals surface area contributed by atoms with Gasteiger partial charge in [0.25, 0.3) is 0 Å². The lowest BCUT2D eigenvalue weighted by molar-refractivity contribution is -0.159. The molecule has 0 aliphatic carbocycles. The fourth-order valence-corrected chi connectivity index (χ4v) is 1.06. The second-order valence-corrected chi connectivity index (χ2v) is 3.39. The van der Waals surface area contributed by atoms with Crippen molar-refractivity contribution in [1.29, 1.82) is 0 Å². The van der Waals surface area contributed by atoms with Crippen LogP contribution < -0.4 is 10.1 Å². The van der Waals surface area contributed by atoms with Gasteiger partial charge in [-0.15, -0.1) is 0 Å². The largest absolute Gasteiger partial charge is 0.468 e. The van der Waals surface area contributed by atoms with Crippen molar-refractivity contribution in [3.8, 4) is 5.75 Å². The fraction of sp³-hybridized carbons (Fsp3) is 0.364. The topological polar surface area (TPSA) is 56.8 Å². The number of halogens is 3. The first-order valence-corrected chi connectivity index (χ1v) is 5.13. The fourth-order valence-electron chi connectivity index (χ4n) is 1.06. The molecule has 0 unspecified atom stereocenters. The van der Waals surface area contributed by atoms with Crippen LogP contribution in [0, 0.1) is 0 Å². The van der Waals surface area contributed by atoms with Gasteiger partial charge in [0, 0.05) is 12.8 Å². The first-order valence-electron chi connectivity index (χ1n) is 5.13. The van der Waals surface area contributed by atoms with Crippen LogP contribution in [0.25, 0.3) is 0 Å². The second-order valence-electron chi connectivity index (χ2n) is 3.39. The molecule has 1 amide bonds. The van der Waals surface area contributed by atoms with Crippen molar-refractivity contribution in [3.05, 3.63) is 24.3 Å². The highest BCUT2D eigenvalue weighted by atomic mass is 19.4. The molecule has 19 heavy (non-hydrogen) atoms. The summed E-state index contributed by atoms with van der Waals surface area (Å²) in [6, 6.07) is 5.97. The third kappa shape index (κ3) is 6.51. The Morgan fingerprint density at radius 2 is 1.89 bits per heavy atom. The summed E-state index contributed by atoms with van der Waals surface area (Å²) in [5.74, 6) is 0.496. The Kier molecular flexibility index (Phi) is 5.43. The van der Waals surface area contributed by atoms with Gasteiger partial charge in [-0.1, -0.05) is 0 Å². The number of hydrogen-bond acceptors (Lipinski definition) is 4. The maximum atomic E-state index is 11.8. The number of amides is 1. The van der Waals surface area contributed by atoms with Crippen molar-refractivity contribution in [1.82, 2.24) is 0 Å². The summed E-state index contributed by atoms with van der Waals surface area (Å²) in [4.78, 5) is 11.0. The summed E-state index contributed by atoms with van der Waals surface area (Å²) in [5.41, 5.74) is 0.289. The second kappa shape index (κ2) is 6.83. The van der Waals surface area contributed by atoms with E-state index in [0.29, 0.717) is 5.75 Å². The number of ether oxygens (including phenoxy) is 3.